The molecule has 92 valence electrons. The molecule has 0 radical (unpaired) electrons. The van der Waals surface area contributed by atoms with Gasteiger partial charge >= 0.3 is 0 Å². The standard InChI is InChI=1S/C15H22N2/c1-3-4-5-6-7-10-15(13(2)17-15)14-8-11-16-12-9-14/h8-9,11-12H,3-7,10H2,1-2H3. The van der Waals surface area contributed by atoms with Crippen LogP contribution in [-0.2, 0) is 5.54 Å². The Morgan fingerprint density at radius 3 is 2.29 bits per heavy atom. The maximum Gasteiger partial charge on any atom is 0.123 e. The number of hydrogen-bond donors (Lipinski definition) is 0. The largest absolute Gasteiger partial charge is 0.274 e. The van der Waals surface area contributed by atoms with Crippen molar-refractivity contribution in [2.75, 3.05) is 0 Å². The fourth-order valence-corrected chi connectivity index (χ4v) is 2.52. The molecule has 1 unspecified atom stereocenters. The molecule has 1 aromatic rings. The number of nitrogens with zero attached hydrogens (tertiary/aromatic N) is 2. The highest BCUT2D eigenvalue weighted by Gasteiger charge is 2.44. The van der Waals surface area contributed by atoms with Crippen LogP contribution in [0.3, 0.4) is 0 Å². The van der Waals surface area contributed by atoms with Crippen molar-refractivity contribution in [2.45, 2.75) is 57.9 Å². The second-order valence-corrected chi connectivity index (χ2v) is 4.96. The van der Waals surface area contributed by atoms with Crippen LogP contribution in [0.4, 0.5) is 0 Å². The van der Waals surface area contributed by atoms with E-state index in [0.717, 1.165) is 0 Å². The van der Waals surface area contributed by atoms with E-state index in [-0.39, 0.29) is 5.54 Å². The van der Waals surface area contributed by atoms with Crippen molar-refractivity contribution in [1.82, 2.24) is 4.98 Å². The van der Waals surface area contributed by atoms with Crippen molar-refractivity contribution >= 4 is 5.71 Å². The molecule has 2 heteroatoms. The number of aliphatic imine (C=N–C) groups is 1. The zero-order chi connectivity index (χ0) is 12.1. The summed E-state index contributed by atoms with van der Waals surface area (Å²) in [6.45, 7) is 4.40. The lowest BCUT2D eigenvalue weighted by Gasteiger charge is -2.14. The Morgan fingerprint density at radius 2 is 1.71 bits per heavy atom. The zero-order valence-corrected chi connectivity index (χ0v) is 10.9. The van der Waals surface area contributed by atoms with Gasteiger partial charge in [0.2, 0.25) is 0 Å². The minimum Gasteiger partial charge on any atom is -0.274 e. The second-order valence-electron chi connectivity index (χ2n) is 4.96. The Hall–Kier alpha value is -1.18. The van der Waals surface area contributed by atoms with Crippen LogP contribution in [0.15, 0.2) is 29.5 Å². The van der Waals surface area contributed by atoms with E-state index in [2.05, 4.69) is 36.0 Å². The van der Waals surface area contributed by atoms with Crippen LogP contribution in [0.25, 0.3) is 0 Å². The molecule has 0 bridgehead atoms. The molecule has 0 aliphatic carbocycles. The van der Waals surface area contributed by atoms with E-state index in [4.69, 9.17) is 0 Å². The number of unbranched alkanes of at least 4 members (excludes halogenated alkanes) is 4. The summed E-state index contributed by atoms with van der Waals surface area (Å²) < 4.78 is 0. The second kappa shape index (κ2) is 5.44. The van der Waals surface area contributed by atoms with Gasteiger partial charge in [-0.15, -0.1) is 0 Å². The van der Waals surface area contributed by atoms with E-state index >= 15 is 0 Å². The van der Waals surface area contributed by atoms with Crippen molar-refractivity contribution < 1.29 is 0 Å². The fourth-order valence-electron chi connectivity index (χ4n) is 2.52. The third kappa shape index (κ3) is 2.74. The fraction of sp³-hybridized carbons (Fsp3) is 0.600. The lowest BCUT2D eigenvalue weighted by molar-refractivity contribution is 0.544. The zero-order valence-electron chi connectivity index (χ0n) is 10.9. The van der Waals surface area contributed by atoms with Gasteiger partial charge in [-0.2, -0.15) is 0 Å². The number of pyridine rings is 1. The predicted molar refractivity (Wildman–Crippen MR) is 72.4 cm³/mol. The van der Waals surface area contributed by atoms with Crippen LogP contribution in [0.5, 0.6) is 0 Å². The van der Waals surface area contributed by atoms with Crippen molar-refractivity contribution in [2.24, 2.45) is 4.99 Å². The molecule has 2 heterocycles. The van der Waals surface area contributed by atoms with Crippen LogP contribution in [-0.4, -0.2) is 10.7 Å². The average molecular weight is 230 g/mol. The van der Waals surface area contributed by atoms with Crippen LogP contribution >= 0.6 is 0 Å². The van der Waals surface area contributed by atoms with Gasteiger partial charge in [-0.05, 0) is 31.0 Å². The highest BCUT2D eigenvalue weighted by Crippen LogP contribution is 2.43. The normalized spacial score (nSPS) is 22.4. The number of aromatic nitrogens is 1. The molecule has 1 aliphatic rings. The summed E-state index contributed by atoms with van der Waals surface area (Å²) in [5.41, 5.74) is 2.66. The van der Waals surface area contributed by atoms with Gasteiger partial charge in [-0.25, -0.2) is 0 Å². The first-order chi connectivity index (χ1) is 8.29. The van der Waals surface area contributed by atoms with Gasteiger partial charge in [-0.1, -0.05) is 39.0 Å². The molecule has 0 saturated heterocycles. The summed E-state index contributed by atoms with van der Waals surface area (Å²) in [4.78, 5) is 8.75. The first-order valence-electron chi connectivity index (χ1n) is 6.77. The molecule has 0 saturated carbocycles. The lowest BCUT2D eigenvalue weighted by atomic mass is 9.89. The van der Waals surface area contributed by atoms with Crippen molar-refractivity contribution in [1.29, 1.82) is 0 Å². The van der Waals surface area contributed by atoms with Gasteiger partial charge in [0, 0.05) is 18.1 Å². The molecule has 0 N–H and O–H groups in total. The monoisotopic (exact) mass is 230 g/mol. The van der Waals surface area contributed by atoms with Crippen molar-refractivity contribution in [3.63, 3.8) is 0 Å². The van der Waals surface area contributed by atoms with Crippen LogP contribution in [0.2, 0.25) is 0 Å². The SMILES string of the molecule is CCCCCCCC1(c2ccncc2)N=C1C. The molecule has 0 aromatic carbocycles. The van der Waals surface area contributed by atoms with Crippen LogP contribution < -0.4 is 0 Å². The van der Waals surface area contributed by atoms with Gasteiger partial charge in [0.15, 0.2) is 0 Å². The molecule has 1 aliphatic heterocycles. The number of hydrogen-bond acceptors (Lipinski definition) is 2. The van der Waals surface area contributed by atoms with Gasteiger partial charge in [0.05, 0.1) is 0 Å². The Balaban J connectivity index is 1.85. The molecular weight excluding hydrogens is 208 g/mol. The van der Waals surface area contributed by atoms with Crippen LogP contribution in [0, 0.1) is 0 Å². The summed E-state index contributed by atoms with van der Waals surface area (Å²) in [6.07, 6.45) is 11.6. The average Bonchev–Trinajstić information content (AvgIpc) is 3.02. The maximum atomic E-state index is 4.66. The number of rotatable bonds is 7. The summed E-state index contributed by atoms with van der Waals surface area (Å²) in [5, 5.41) is 0. The maximum absolute atomic E-state index is 4.66. The van der Waals surface area contributed by atoms with Gasteiger partial charge in [-0.3, -0.25) is 9.98 Å². The van der Waals surface area contributed by atoms with E-state index in [1.54, 1.807) is 0 Å². The third-order valence-electron chi connectivity index (χ3n) is 3.71. The van der Waals surface area contributed by atoms with E-state index in [1.807, 2.05) is 12.4 Å². The predicted octanol–water partition coefficient (Wildman–Crippen LogP) is 4.11. The first-order valence-corrected chi connectivity index (χ1v) is 6.77. The lowest BCUT2D eigenvalue weighted by Crippen LogP contribution is -2.15. The Morgan fingerprint density at radius 1 is 1.06 bits per heavy atom. The molecule has 17 heavy (non-hydrogen) atoms. The molecular formula is C15H22N2. The Labute approximate surface area is 104 Å². The molecule has 2 rings (SSSR count). The Kier molecular flexibility index (Phi) is 3.93. The molecule has 0 spiro atoms. The summed E-state index contributed by atoms with van der Waals surface area (Å²) in [6, 6.07) is 4.21. The smallest absolute Gasteiger partial charge is 0.123 e. The van der Waals surface area contributed by atoms with E-state index in [0.29, 0.717) is 0 Å². The van der Waals surface area contributed by atoms with Crippen molar-refractivity contribution in [3.8, 4) is 0 Å². The van der Waals surface area contributed by atoms with Crippen LogP contribution in [0.1, 0.15) is 57.9 Å². The van der Waals surface area contributed by atoms with Crippen molar-refractivity contribution in [3.05, 3.63) is 30.1 Å². The highest BCUT2D eigenvalue weighted by molar-refractivity contribution is 6.04. The van der Waals surface area contributed by atoms with E-state index in [1.165, 1.54) is 49.8 Å². The molecule has 1 aromatic heterocycles. The minimum atomic E-state index is 0.0507. The summed E-state index contributed by atoms with van der Waals surface area (Å²) in [5.74, 6) is 0. The molecule has 2 nitrogen and oxygen atoms in total. The third-order valence-corrected chi connectivity index (χ3v) is 3.71. The topological polar surface area (TPSA) is 25.2 Å². The highest BCUT2D eigenvalue weighted by atomic mass is 15.0. The minimum absolute atomic E-state index is 0.0507. The molecule has 0 fully saturated rings. The summed E-state index contributed by atoms with van der Waals surface area (Å²) >= 11 is 0. The Bertz CT molecular complexity index is 383. The molecule has 0 amide bonds. The van der Waals surface area contributed by atoms with E-state index in [9.17, 15) is 0 Å². The van der Waals surface area contributed by atoms with Gasteiger partial charge in [0.1, 0.15) is 5.54 Å². The van der Waals surface area contributed by atoms with E-state index < -0.39 is 0 Å². The van der Waals surface area contributed by atoms with Gasteiger partial charge < -0.3 is 0 Å². The first kappa shape index (κ1) is 12.3. The quantitative estimate of drug-likeness (QED) is 0.647. The van der Waals surface area contributed by atoms with Gasteiger partial charge in [0.25, 0.3) is 0 Å². The summed E-state index contributed by atoms with van der Waals surface area (Å²) in [7, 11) is 0. The molecule has 1 atom stereocenters.